The van der Waals surface area contributed by atoms with Gasteiger partial charge in [0.1, 0.15) is 5.69 Å². The molecule has 0 bridgehead atoms. The van der Waals surface area contributed by atoms with Gasteiger partial charge in [0.2, 0.25) is 5.91 Å². The molecule has 1 amide bonds. The Bertz CT molecular complexity index is 990. The SMILES string of the molecule is Cc1c(NC(=O)CCc2cccc(Br)c2)c(=O)n(-c2ccccc2)n1C. The Balaban J connectivity index is 1.78. The van der Waals surface area contributed by atoms with E-state index in [4.69, 9.17) is 0 Å². The number of carbonyl (C=O) groups is 1. The molecule has 1 N–H and O–H groups in total. The van der Waals surface area contributed by atoms with Gasteiger partial charge in [-0.3, -0.25) is 14.3 Å². The van der Waals surface area contributed by atoms with Gasteiger partial charge in [-0.2, -0.15) is 0 Å². The van der Waals surface area contributed by atoms with Crippen molar-refractivity contribution in [3.63, 3.8) is 0 Å². The summed E-state index contributed by atoms with van der Waals surface area (Å²) in [6.07, 6.45) is 0.930. The summed E-state index contributed by atoms with van der Waals surface area (Å²) in [5.41, 5.74) is 2.65. The first-order chi connectivity index (χ1) is 12.5. The van der Waals surface area contributed by atoms with Crippen LogP contribution < -0.4 is 10.9 Å². The van der Waals surface area contributed by atoms with Crippen LogP contribution in [0.5, 0.6) is 0 Å². The largest absolute Gasteiger partial charge is 0.320 e. The normalized spacial score (nSPS) is 10.7. The van der Waals surface area contributed by atoms with E-state index in [1.165, 1.54) is 0 Å². The van der Waals surface area contributed by atoms with E-state index in [1.54, 1.807) is 16.4 Å². The number of aryl methyl sites for hydroxylation is 1. The van der Waals surface area contributed by atoms with E-state index in [1.807, 2.05) is 61.5 Å². The van der Waals surface area contributed by atoms with Crippen LogP contribution in [0.25, 0.3) is 5.69 Å². The lowest BCUT2D eigenvalue weighted by Crippen LogP contribution is -2.23. The molecule has 3 rings (SSSR count). The van der Waals surface area contributed by atoms with Gasteiger partial charge in [0.05, 0.1) is 11.4 Å². The van der Waals surface area contributed by atoms with E-state index in [-0.39, 0.29) is 11.5 Å². The van der Waals surface area contributed by atoms with Crippen LogP contribution in [-0.2, 0) is 18.3 Å². The lowest BCUT2D eigenvalue weighted by molar-refractivity contribution is -0.116. The van der Waals surface area contributed by atoms with Gasteiger partial charge >= 0.3 is 0 Å². The number of nitrogens with one attached hydrogen (secondary N) is 1. The molecule has 0 atom stereocenters. The van der Waals surface area contributed by atoms with Crippen molar-refractivity contribution in [3.8, 4) is 5.69 Å². The number of carbonyl (C=O) groups excluding carboxylic acids is 1. The van der Waals surface area contributed by atoms with Crippen molar-refractivity contribution in [1.29, 1.82) is 0 Å². The lowest BCUT2D eigenvalue weighted by atomic mass is 10.1. The Morgan fingerprint density at radius 2 is 1.85 bits per heavy atom. The topological polar surface area (TPSA) is 56.0 Å². The predicted octanol–water partition coefficient (Wildman–Crippen LogP) is 3.82. The van der Waals surface area contributed by atoms with E-state index in [2.05, 4.69) is 21.2 Å². The second-order valence-electron chi connectivity index (χ2n) is 6.11. The fourth-order valence-corrected chi connectivity index (χ4v) is 3.31. The number of benzene rings is 2. The Morgan fingerprint density at radius 1 is 1.12 bits per heavy atom. The number of nitrogens with zero attached hydrogens (tertiary/aromatic N) is 2. The van der Waals surface area contributed by atoms with Gasteiger partial charge in [-0.15, -0.1) is 0 Å². The molecule has 0 saturated heterocycles. The summed E-state index contributed by atoms with van der Waals surface area (Å²) in [6, 6.07) is 17.2. The van der Waals surface area contributed by atoms with Crippen LogP contribution >= 0.6 is 15.9 Å². The Hall–Kier alpha value is -2.60. The average Bonchev–Trinajstić information content (AvgIpc) is 2.84. The number of aromatic nitrogens is 2. The van der Waals surface area contributed by atoms with Crippen LogP contribution in [0, 0.1) is 6.92 Å². The second-order valence-corrected chi connectivity index (χ2v) is 7.03. The summed E-state index contributed by atoms with van der Waals surface area (Å²) in [4.78, 5) is 25.1. The first-order valence-corrected chi connectivity index (χ1v) is 9.15. The fourth-order valence-electron chi connectivity index (χ4n) is 2.86. The molecule has 26 heavy (non-hydrogen) atoms. The van der Waals surface area contributed by atoms with Crippen molar-refractivity contribution in [2.45, 2.75) is 19.8 Å². The van der Waals surface area contributed by atoms with Gasteiger partial charge in [-0.25, -0.2) is 4.68 Å². The number of amides is 1. The lowest BCUT2D eigenvalue weighted by Gasteiger charge is -2.07. The third kappa shape index (κ3) is 3.80. The van der Waals surface area contributed by atoms with E-state index in [9.17, 15) is 9.59 Å². The van der Waals surface area contributed by atoms with E-state index >= 15 is 0 Å². The Labute approximate surface area is 160 Å². The molecule has 2 aromatic carbocycles. The van der Waals surface area contributed by atoms with Crippen molar-refractivity contribution in [1.82, 2.24) is 9.36 Å². The zero-order valence-electron chi connectivity index (χ0n) is 14.7. The maximum atomic E-state index is 12.8. The summed E-state index contributed by atoms with van der Waals surface area (Å²) in [6.45, 7) is 1.82. The molecular formula is C20H20BrN3O2. The van der Waals surface area contributed by atoms with Gasteiger partial charge in [-0.1, -0.05) is 46.3 Å². The van der Waals surface area contributed by atoms with Crippen molar-refractivity contribution >= 4 is 27.5 Å². The molecule has 0 radical (unpaired) electrons. The molecule has 3 aromatic rings. The maximum Gasteiger partial charge on any atom is 0.295 e. The third-order valence-electron chi connectivity index (χ3n) is 4.35. The summed E-state index contributed by atoms with van der Waals surface area (Å²) >= 11 is 3.43. The first-order valence-electron chi connectivity index (χ1n) is 8.35. The molecule has 1 heterocycles. The van der Waals surface area contributed by atoms with E-state index < -0.39 is 0 Å². The Kier molecular flexibility index (Phi) is 5.42. The highest BCUT2D eigenvalue weighted by atomic mass is 79.9. The van der Waals surface area contributed by atoms with Gasteiger partial charge in [-0.05, 0) is 43.2 Å². The number of para-hydroxylation sites is 1. The number of hydrogen-bond donors (Lipinski definition) is 1. The van der Waals surface area contributed by atoms with Crippen molar-refractivity contribution in [2.75, 3.05) is 5.32 Å². The monoisotopic (exact) mass is 413 g/mol. The molecule has 0 aliphatic heterocycles. The van der Waals surface area contributed by atoms with Crippen LogP contribution in [0.4, 0.5) is 5.69 Å². The molecular weight excluding hydrogens is 394 g/mol. The highest BCUT2D eigenvalue weighted by Gasteiger charge is 2.17. The Morgan fingerprint density at radius 3 is 2.54 bits per heavy atom. The first kappa shape index (κ1) is 18.2. The van der Waals surface area contributed by atoms with E-state index in [0.29, 0.717) is 18.5 Å². The highest BCUT2D eigenvalue weighted by Crippen LogP contribution is 2.16. The van der Waals surface area contributed by atoms with Gasteiger partial charge in [0.25, 0.3) is 5.56 Å². The van der Waals surface area contributed by atoms with Gasteiger partial charge in [0.15, 0.2) is 0 Å². The molecule has 0 spiro atoms. The van der Waals surface area contributed by atoms with E-state index in [0.717, 1.165) is 21.4 Å². The fraction of sp³-hybridized carbons (Fsp3) is 0.200. The molecule has 5 nitrogen and oxygen atoms in total. The van der Waals surface area contributed by atoms with Crippen LogP contribution in [0.15, 0.2) is 63.9 Å². The summed E-state index contributed by atoms with van der Waals surface area (Å²) < 4.78 is 4.29. The predicted molar refractivity (Wildman–Crippen MR) is 107 cm³/mol. The molecule has 0 aliphatic rings. The number of halogens is 1. The minimum atomic E-state index is -0.230. The number of hydrogen-bond acceptors (Lipinski definition) is 2. The number of rotatable bonds is 5. The number of anilines is 1. The highest BCUT2D eigenvalue weighted by molar-refractivity contribution is 9.10. The smallest absolute Gasteiger partial charge is 0.295 e. The third-order valence-corrected chi connectivity index (χ3v) is 4.84. The minimum absolute atomic E-state index is 0.170. The molecule has 0 saturated carbocycles. The van der Waals surface area contributed by atoms with Gasteiger partial charge < -0.3 is 5.32 Å². The molecule has 6 heteroatoms. The standard InChI is InChI=1S/C20H20BrN3O2/c1-14-19(20(26)24(23(14)2)17-9-4-3-5-10-17)22-18(25)12-11-15-7-6-8-16(21)13-15/h3-10,13H,11-12H2,1-2H3,(H,22,25). The summed E-state index contributed by atoms with van der Waals surface area (Å²) in [5.74, 6) is -0.170. The van der Waals surface area contributed by atoms with Crippen LogP contribution in [0.1, 0.15) is 17.7 Å². The molecule has 134 valence electrons. The summed E-state index contributed by atoms with van der Waals surface area (Å²) in [5, 5.41) is 2.79. The van der Waals surface area contributed by atoms with Crippen molar-refractivity contribution < 1.29 is 4.79 Å². The van der Waals surface area contributed by atoms with Crippen molar-refractivity contribution in [3.05, 3.63) is 80.7 Å². The molecule has 0 fully saturated rings. The van der Waals surface area contributed by atoms with Crippen LogP contribution in [0.3, 0.4) is 0 Å². The summed E-state index contributed by atoms with van der Waals surface area (Å²) in [7, 11) is 1.81. The molecule has 0 unspecified atom stereocenters. The quantitative estimate of drug-likeness (QED) is 0.690. The van der Waals surface area contributed by atoms with Crippen molar-refractivity contribution in [2.24, 2.45) is 7.05 Å². The van der Waals surface area contributed by atoms with Gasteiger partial charge in [0, 0.05) is 17.9 Å². The maximum absolute atomic E-state index is 12.8. The molecule has 0 aliphatic carbocycles. The zero-order valence-corrected chi connectivity index (χ0v) is 16.3. The van der Waals surface area contributed by atoms with Crippen LogP contribution in [-0.4, -0.2) is 15.3 Å². The average molecular weight is 414 g/mol. The minimum Gasteiger partial charge on any atom is -0.320 e. The second kappa shape index (κ2) is 7.74. The zero-order chi connectivity index (χ0) is 18.7. The molecule has 1 aromatic heterocycles. The van der Waals surface area contributed by atoms with Crippen LogP contribution in [0.2, 0.25) is 0 Å².